The Balaban J connectivity index is 1.31. The largest absolute Gasteiger partial charge is 0.456 e. The van der Waals surface area contributed by atoms with Crippen molar-refractivity contribution in [1.82, 2.24) is 0 Å². The summed E-state index contributed by atoms with van der Waals surface area (Å²) in [6, 6.07) is 50.6. The molecule has 0 radical (unpaired) electrons. The fourth-order valence-corrected chi connectivity index (χ4v) is 8.27. The molecule has 0 spiro atoms. The highest BCUT2D eigenvalue weighted by Crippen LogP contribution is 2.52. The van der Waals surface area contributed by atoms with Crippen molar-refractivity contribution in [2.45, 2.75) is 6.92 Å². The standard InChI is InChI=1S/C49H32O/c1-3-4-6-13-30(2)44-37-18-11-12-19-38(37)45(32-15-7-5-8-16-32)49-40-25-24-39-36-23-22-35(34-21-20-31-14-9-10-17-33(31)28-34)29-43(36)50-42-27-26-41(48(44)49)46(40)47(39)42/h3-29H,2H2,1H3/b4-3-,13-6-. The second-order valence-corrected chi connectivity index (χ2v) is 13.2. The van der Waals surface area contributed by atoms with Crippen molar-refractivity contribution in [1.29, 1.82) is 0 Å². The molecular formula is C49H32O. The molecule has 0 amide bonds. The lowest BCUT2D eigenvalue weighted by Gasteiger charge is -2.16. The van der Waals surface area contributed by atoms with Gasteiger partial charge in [-0.25, -0.2) is 0 Å². The van der Waals surface area contributed by atoms with Crippen LogP contribution in [0.1, 0.15) is 12.5 Å². The van der Waals surface area contributed by atoms with Gasteiger partial charge >= 0.3 is 0 Å². The molecule has 10 rings (SSSR count). The van der Waals surface area contributed by atoms with Gasteiger partial charge in [0.2, 0.25) is 0 Å². The van der Waals surface area contributed by atoms with Gasteiger partial charge in [0.15, 0.2) is 0 Å². The van der Waals surface area contributed by atoms with Crippen LogP contribution >= 0.6 is 0 Å². The molecule has 0 aliphatic carbocycles. The minimum absolute atomic E-state index is 0.889. The summed E-state index contributed by atoms with van der Waals surface area (Å²) in [6.07, 6.45) is 8.33. The van der Waals surface area contributed by atoms with Crippen molar-refractivity contribution in [3.63, 3.8) is 0 Å². The molecule has 10 aromatic rings. The molecule has 0 saturated carbocycles. The van der Waals surface area contributed by atoms with E-state index in [0.717, 1.165) is 27.7 Å². The fraction of sp³-hybridized carbons (Fsp3) is 0.0204. The van der Waals surface area contributed by atoms with Gasteiger partial charge in [0.25, 0.3) is 0 Å². The minimum Gasteiger partial charge on any atom is -0.456 e. The first-order valence-corrected chi connectivity index (χ1v) is 17.2. The summed E-state index contributed by atoms with van der Waals surface area (Å²) < 4.78 is 6.83. The quantitative estimate of drug-likeness (QED) is 0.104. The maximum absolute atomic E-state index is 6.83. The van der Waals surface area contributed by atoms with Crippen LogP contribution in [0.2, 0.25) is 0 Å². The van der Waals surface area contributed by atoms with E-state index in [4.69, 9.17) is 4.42 Å². The van der Waals surface area contributed by atoms with Crippen molar-refractivity contribution in [3.05, 3.63) is 176 Å². The average Bonchev–Trinajstić information content (AvgIpc) is 3.50. The van der Waals surface area contributed by atoms with Crippen molar-refractivity contribution < 1.29 is 4.42 Å². The van der Waals surface area contributed by atoms with Gasteiger partial charge in [-0.05, 0) is 119 Å². The van der Waals surface area contributed by atoms with E-state index in [0.29, 0.717) is 0 Å². The van der Waals surface area contributed by atoms with Gasteiger partial charge in [-0.2, -0.15) is 0 Å². The molecule has 0 bridgehead atoms. The zero-order valence-corrected chi connectivity index (χ0v) is 27.7. The molecule has 50 heavy (non-hydrogen) atoms. The summed E-state index contributed by atoms with van der Waals surface area (Å²) in [4.78, 5) is 0. The Bertz CT molecular complexity index is 3040. The smallest absolute Gasteiger partial charge is 0.135 e. The average molecular weight is 637 g/mol. The predicted molar refractivity (Wildman–Crippen MR) is 216 cm³/mol. The summed E-state index contributed by atoms with van der Waals surface area (Å²) in [5.74, 6) is 0. The van der Waals surface area contributed by atoms with Crippen LogP contribution in [0.15, 0.2) is 175 Å². The van der Waals surface area contributed by atoms with E-state index in [1.54, 1.807) is 0 Å². The molecule has 1 heterocycles. The number of benzene rings is 8. The van der Waals surface area contributed by atoms with E-state index in [2.05, 4.69) is 164 Å². The van der Waals surface area contributed by atoms with Gasteiger partial charge in [-0.15, -0.1) is 0 Å². The topological polar surface area (TPSA) is 13.1 Å². The summed E-state index contributed by atoms with van der Waals surface area (Å²) in [5, 5.41) is 14.6. The molecule has 0 fully saturated rings. The molecule has 0 aliphatic heterocycles. The molecule has 1 nitrogen and oxygen atoms in total. The maximum Gasteiger partial charge on any atom is 0.135 e. The van der Waals surface area contributed by atoms with E-state index in [9.17, 15) is 0 Å². The Morgan fingerprint density at radius 1 is 0.480 bits per heavy atom. The van der Waals surface area contributed by atoms with Gasteiger partial charge in [0.1, 0.15) is 11.2 Å². The van der Waals surface area contributed by atoms with Crippen LogP contribution in [-0.4, -0.2) is 0 Å². The molecule has 0 unspecified atom stereocenters. The van der Waals surface area contributed by atoms with E-state index < -0.39 is 0 Å². The van der Waals surface area contributed by atoms with Gasteiger partial charge < -0.3 is 4.42 Å². The molecule has 0 aliphatic rings. The highest BCUT2D eigenvalue weighted by atomic mass is 16.3. The predicted octanol–water partition coefficient (Wildman–Crippen LogP) is 14.3. The first-order valence-electron chi connectivity index (χ1n) is 17.2. The lowest BCUT2D eigenvalue weighted by atomic mass is 9.86. The third kappa shape index (κ3) is 4.14. The van der Waals surface area contributed by atoms with E-state index in [1.165, 1.54) is 81.5 Å². The van der Waals surface area contributed by atoms with Crippen LogP contribution in [0, 0.1) is 0 Å². The zero-order chi connectivity index (χ0) is 33.3. The minimum atomic E-state index is 0.889. The van der Waals surface area contributed by atoms with Crippen LogP contribution in [0.3, 0.4) is 0 Å². The zero-order valence-electron chi connectivity index (χ0n) is 27.7. The van der Waals surface area contributed by atoms with Crippen LogP contribution in [0.4, 0.5) is 0 Å². The lowest BCUT2D eigenvalue weighted by molar-refractivity contribution is 0.662. The van der Waals surface area contributed by atoms with Gasteiger partial charge in [-0.1, -0.05) is 140 Å². The van der Waals surface area contributed by atoms with Gasteiger partial charge in [0, 0.05) is 16.2 Å². The van der Waals surface area contributed by atoms with Crippen molar-refractivity contribution in [3.8, 4) is 22.3 Å². The molecule has 0 saturated heterocycles. The van der Waals surface area contributed by atoms with Crippen molar-refractivity contribution in [2.75, 3.05) is 0 Å². The molecule has 0 N–H and O–H groups in total. The van der Waals surface area contributed by atoms with Gasteiger partial charge in [-0.3, -0.25) is 0 Å². The van der Waals surface area contributed by atoms with E-state index >= 15 is 0 Å². The number of rotatable bonds is 5. The van der Waals surface area contributed by atoms with Crippen molar-refractivity contribution >= 4 is 81.4 Å². The van der Waals surface area contributed by atoms with Crippen molar-refractivity contribution in [2.24, 2.45) is 0 Å². The summed E-state index contributed by atoms with van der Waals surface area (Å²) in [6.45, 7) is 6.69. The highest BCUT2D eigenvalue weighted by Gasteiger charge is 2.25. The Kier molecular flexibility index (Phi) is 6.31. The third-order valence-corrected chi connectivity index (χ3v) is 10.4. The Morgan fingerprint density at radius 3 is 2.02 bits per heavy atom. The Hall–Kier alpha value is -6.44. The normalized spacial score (nSPS) is 12.4. The number of hydrogen-bond donors (Lipinski definition) is 0. The first kappa shape index (κ1) is 28.6. The summed E-state index contributed by atoms with van der Waals surface area (Å²) >= 11 is 0. The molecule has 0 atom stereocenters. The Morgan fingerprint density at radius 2 is 1.16 bits per heavy atom. The van der Waals surface area contributed by atoms with Crippen LogP contribution < -0.4 is 0 Å². The van der Waals surface area contributed by atoms with E-state index in [1.807, 2.05) is 13.0 Å². The summed E-state index contributed by atoms with van der Waals surface area (Å²) in [5.41, 5.74) is 8.76. The highest BCUT2D eigenvalue weighted by molar-refractivity contribution is 6.42. The van der Waals surface area contributed by atoms with Crippen LogP contribution in [0.5, 0.6) is 0 Å². The second-order valence-electron chi connectivity index (χ2n) is 13.2. The third-order valence-electron chi connectivity index (χ3n) is 10.4. The molecule has 9 aromatic carbocycles. The first-order chi connectivity index (χ1) is 24.7. The summed E-state index contributed by atoms with van der Waals surface area (Å²) in [7, 11) is 0. The Labute approximate surface area is 290 Å². The monoisotopic (exact) mass is 636 g/mol. The van der Waals surface area contributed by atoms with E-state index in [-0.39, 0.29) is 0 Å². The van der Waals surface area contributed by atoms with Crippen LogP contribution in [0.25, 0.3) is 104 Å². The SMILES string of the molecule is C=C(/C=C\C=C/C)c1c2ccccc2c(-c2ccccc2)c2c3ccc4c5ccc(-c6ccc7ccccc7c6)cc5oc5ccc(c12)c3c54. The van der Waals surface area contributed by atoms with Crippen LogP contribution in [-0.2, 0) is 0 Å². The fourth-order valence-electron chi connectivity index (χ4n) is 8.27. The number of hydrogen-bond acceptors (Lipinski definition) is 1. The second kappa shape index (κ2) is 11.1. The lowest BCUT2D eigenvalue weighted by Crippen LogP contribution is -1.90. The molecule has 1 aromatic heterocycles. The molecule has 1 heteroatoms. The van der Waals surface area contributed by atoms with Gasteiger partial charge in [0.05, 0.1) is 0 Å². The number of allylic oxidation sites excluding steroid dienone is 5. The maximum atomic E-state index is 6.83. The molecule has 234 valence electrons. The molecular weight excluding hydrogens is 605 g/mol. The number of fused-ring (bicyclic) bond motifs is 7.